The molecule has 6 nitrogen and oxygen atoms in total. The number of aromatic hydroxyl groups is 2. The van der Waals surface area contributed by atoms with E-state index in [0.717, 1.165) is 0 Å². The lowest BCUT2D eigenvalue weighted by Gasteiger charge is -2.36. The van der Waals surface area contributed by atoms with Crippen molar-refractivity contribution in [1.29, 1.82) is 0 Å². The van der Waals surface area contributed by atoms with Crippen molar-refractivity contribution < 1.29 is 29.6 Å². The van der Waals surface area contributed by atoms with Crippen LogP contribution in [0.1, 0.15) is 87.4 Å². The van der Waals surface area contributed by atoms with E-state index in [9.17, 15) is 24.9 Å². The van der Waals surface area contributed by atoms with E-state index in [0.29, 0.717) is 56.9 Å². The van der Waals surface area contributed by atoms with Crippen molar-refractivity contribution in [3.63, 3.8) is 0 Å². The number of cyclic esters (lactones) is 1. The summed E-state index contributed by atoms with van der Waals surface area (Å²) in [6.45, 7) is 7.60. The SMILES string of the molecule is CCc1cc(Br)c(CC)c(C2(c3c(O)c(CC)cc(Br)c3CC)OC(=O)c3cccc(C(=O)O)c32)c1O. The Hall–Kier alpha value is -2.84. The second-order valence-corrected chi connectivity index (χ2v) is 10.7. The topological polar surface area (TPSA) is 104 Å². The number of aromatic carboxylic acids is 1. The Morgan fingerprint density at radius 3 is 1.73 bits per heavy atom. The van der Waals surface area contributed by atoms with Crippen LogP contribution in [-0.2, 0) is 36.0 Å². The first-order valence-corrected chi connectivity index (χ1v) is 13.8. The minimum absolute atomic E-state index is 0.0823. The highest BCUT2D eigenvalue weighted by atomic mass is 79.9. The van der Waals surface area contributed by atoms with E-state index in [4.69, 9.17) is 4.74 Å². The third-order valence-electron chi connectivity index (χ3n) is 7.15. The molecule has 0 unspecified atom stereocenters. The molecule has 3 aromatic rings. The molecule has 0 amide bonds. The molecule has 0 radical (unpaired) electrons. The number of halogens is 2. The van der Waals surface area contributed by atoms with Gasteiger partial charge in [-0.3, -0.25) is 0 Å². The molecule has 0 aromatic heterocycles. The zero-order valence-corrected chi connectivity index (χ0v) is 24.2. The van der Waals surface area contributed by atoms with Gasteiger partial charge in [-0.25, -0.2) is 9.59 Å². The lowest BCUT2D eigenvalue weighted by Crippen LogP contribution is -2.34. The molecule has 0 aliphatic carbocycles. The standard InChI is InChI=1S/C29H28Br2O6/c1-5-14-12-20(30)16(7-3)23(25(14)32)29(24-17(8-4)21(31)13-15(6-2)26(24)33)22-18(27(34)35)10-9-11-19(22)28(36)37-29/h9-13,32-33H,5-8H2,1-4H3,(H,34,35). The van der Waals surface area contributed by atoms with Crippen molar-refractivity contribution >= 4 is 43.8 Å². The van der Waals surface area contributed by atoms with Crippen molar-refractivity contribution in [3.05, 3.63) is 89.3 Å². The molecule has 0 bridgehead atoms. The Bertz CT molecular complexity index is 1380. The average molecular weight is 632 g/mol. The van der Waals surface area contributed by atoms with Crippen LogP contribution in [0.3, 0.4) is 0 Å². The van der Waals surface area contributed by atoms with E-state index in [1.54, 1.807) is 0 Å². The number of esters is 1. The summed E-state index contributed by atoms with van der Waals surface area (Å²) in [5.41, 5.74) is 1.14. The van der Waals surface area contributed by atoms with Gasteiger partial charge < -0.3 is 20.1 Å². The number of carbonyl (C=O) groups excluding carboxylic acids is 1. The summed E-state index contributed by atoms with van der Waals surface area (Å²) in [7, 11) is 0. The zero-order chi connectivity index (χ0) is 27.2. The zero-order valence-electron chi connectivity index (χ0n) is 21.0. The fourth-order valence-electron chi connectivity index (χ4n) is 5.45. The molecule has 0 saturated carbocycles. The molecule has 194 valence electrons. The molecule has 1 aliphatic heterocycles. The Morgan fingerprint density at radius 2 is 1.32 bits per heavy atom. The monoisotopic (exact) mass is 630 g/mol. The maximum absolute atomic E-state index is 13.5. The van der Waals surface area contributed by atoms with Gasteiger partial charge in [0.15, 0.2) is 5.60 Å². The van der Waals surface area contributed by atoms with Crippen LogP contribution in [0.25, 0.3) is 0 Å². The molecule has 0 saturated heterocycles. The quantitative estimate of drug-likeness (QED) is 0.242. The molecule has 37 heavy (non-hydrogen) atoms. The summed E-state index contributed by atoms with van der Waals surface area (Å²) in [6.07, 6.45) is 1.83. The van der Waals surface area contributed by atoms with Crippen LogP contribution in [0.15, 0.2) is 39.3 Å². The predicted octanol–water partition coefficient (Wildman–Crippen LogP) is 7.03. The Balaban J connectivity index is 2.39. The predicted molar refractivity (Wildman–Crippen MR) is 148 cm³/mol. The van der Waals surface area contributed by atoms with E-state index in [-0.39, 0.29) is 39.3 Å². The molecule has 1 heterocycles. The van der Waals surface area contributed by atoms with E-state index in [1.165, 1.54) is 18.2 Å². The first-order valence-electron chi connectivity index (χ1n) is 12.3. The maximum atomic E-state index is 13.5. The molecule has 3 N–H and O–H groups in total. The molecular weight excluding hydrogens is 604 g/mol. The molecule has 1 aliphatic rings. The van der Waals surface area contributed by atoms with Crippen LogP contribution in [0.2, 0.25) is 0 Å². The second kappa shape index (κ2) is 10.1. The Morgan fingerprint density at radius 1 is 0.838 bits per heavy atom. The van der Waals surface area contributed by atoms with Crippen molar-refractivity contribution in [2.24, 2.45) is 0 Å². The number of rotatable bonds is 7. The van der Waals surface area contributed by atoms with Gasteiger partial charge in [0, 0.05) is 14.5 Å². The Labute approximate surface area is 232 Å². The number of hydrogen-bond donors (Lipinski definition) is 3. The van der Waals surface area contributed by atoms with Crippen LogP contribution in [0.5, 0.6) is 11.5 Å². The highest BCUT2D eigenvalue weighted by Gasteiger charge is 2.56. The van der Waals surface area contributed by atoms with E-state index in [2.05, 4.69) is 31.9 Å². The number of benzene rings is 3. The van der Waals surface area contributed by atoms with Gasteiger partial charge in [-0.15, -0.1) is 0 Å². The smallest absolute Gasteiger partial charge is 0.340 e. The van der Waals surface area contributed by atoms with Gasteiger partial charge in [-0.2, -0.15) is 0 Å². The number of carboxylic acids is 1. The molecule has 0 fully saturated rings. The fourth-order valence-corrected chi connectivity index (χ4v) is 6.96. The van der Waals surface area contributed by atoms with Crippen LogP contribution in [0.4, 0.5) is 0 Å². The number of phenols is 2. The average Bonchev–Trinajstić information content (AvgIpc) is 3.18. The number of ether oxygens (including phenoxy) is 1. The van der Waals surface area contributed by atoms with Gasteiger partial charge in [0.2, 0.25) is 0 Å². The maximum Gasteiger partial charge on any atom is 0.340 e. The van der Waals surface area contributed by atoms with Gasteiger partial charge in [0.1, 0.15) is 11.5 Å². The summed E-state index contributed by atoms with van der Waals surface area (Å²) in [5, 5.41) is 33.8. The molecule has 0 spiro atoms. The summed E-state index contributed by atoms with van der Waals surface area (Å²) in [4.78, 5) is 26.1. The first-order chi connectivity index (χ1) is 17.6. The van der Waals surface area contributed by atoms with Crippen LogP contribution < -0.4 is 0 Å². The van der Waals surface area contributed by atoms with E-state index < -0.39 is 17.5 Å². The second-order valence-electron chi connectivity index (χ2n) is 8.96. The summed E-state index contributed by atoms with van der Waals surface area (Å²) in [5.74, 6) is -2.16. The van der Waals surface area contributed by atoms with Crippen molar-refractivity contribution in [1.82, 2.24) is 0 Å². The normalized spacial score (nSPS) is 13.9. The highest BCUT2D eigenvalue weighted by molar-refractivity contribution is 9.10. The molecule has 8 heteroatoms. The number of carboxylic acid groups (broad SMARTS) is 1. The number of aryl methyl sites for hydroxylation is 2. The lowest BCUT2D eigenvalue weighted by molar-refractivity contribution is 0.0228. The molecule has 0 atom stereocenters. The van der Waals surface area contributed by atoms with Crippen molar-refractivity contribution in [3.8, 4) is 11.5 Å². The van der Waals surface area contributed by atoms with Crippen LogP contribution in [0, 0.1) is 0 Å². The van der Waals surface area contributed by atoms with Crippen molar-refractivity contribution in [2.75, 3.05) is 0 Å². The number of phenolic OH excluding ortho intramolecular Hbond substituents is 2. The first kappa shape index (κ1) is 27.2. The number of carbonyl (C=O) groups is 2. The minimum atomic E-state index is -1.91. The van der Waals surface area contributed by atoms with Gasteiger partial charge in [-0.1, -0.05) is 65.6 Å². The number of hydrogen-bond acceptors (Lipinski definition) is 5. The van der Waals surface area contributed by atoms with Gasteiger partial charge in [0.25, 0.3) is 0 Å². The van der Waals surface area contributed by atoms with Gasteiger partial charge >= 0.3 is 11.9 Å². The van der Waals surface area contributed by atoms with Crippen LogP contribution in [-0.4, -0.2) is 27.3 Å². The van der Waals surface area contributed by atoms with Crippen molar-refractivity contribution in [2.45, 2.75) is 59.0 Å². The van der Waals surface area contributed by atoms with Crippen LogP contribution >= 0.6 is 31.9 Å². The van der Waals surface area contributed by atoms with E-state index in [1.807, 2.05) is 39.8 Å². The highest BCUT2D eigenvalue weighted by Crippen LogP contribution is 2.57. The molecule has 3 aromatic carbocycles. The fraction of sp³-hybridized carbons (Fsp3) is 0.310. The lowest BCUT2D eigenvalue weighted by atomic mass is 9.72. The molecular formula is C29H28Br2O6. The Kier molecular flexibility index (Phi) is 7.45. The third kappa shape index (κ3) is 3.96. The largest absolute Gasteiger partial charge is 0.507 e. The minimum Gasteiger partial charge on any atom is -0.507 e. The van der Waals surface area contributed by atoms with E-state index >= 15 is 0 Å². The summed E-state index contributed by atoms with van der Waals surface area (Å²) >= 11 is 7.27. The molecule has 4 rings (SSSR count). The van der Waals surface area contributed by atoms with Gasteiger partial charge in [-0.05, 0) is 72.2 Å². The third-order valence-corrected chi connectivity index (χ3v) is 8.56. The summed E-state index contributed by atoms with van der Waals surface area (Å²) < 4.78 is 7.66. The summed E-state index contributed by atoms with van der Waals surface area (Å²) in [6, 6.07) is 8.09. The number of fused-ring (bicyclic) bond motifs is 1. The van der Waals surface area contributed by atoms with Gasteiger partial charge in [0.05, 0.1) is 22.3 Å².